The number of carbonyl (C=O) groups is 1. The lowest BCUT2D eigenvalue weighted by Gasteiger charge is -2.26. The van der Waals surface area contributed by atoms with Crippen LogP contribution in [0, 0.1) is 5.82 Å². The number of nitrogens with zero attached hydrogens (tertiary/aromatic N) is 5. The van der Waals surface area contributed by atoms with Crippen LogP contribution in [0.2, 0.25) is 5.02 Å². The van der Waals surface area contributed by atoms with Crippen LogP contribution in [0.15, 0.2) is 48.9 Å². The van der Waals surface area contributed by atoms with Crippen molar-refractivity contribution >= 4 is 46.6 Å². The molecule has 0 aliphatic carbocycles. The quantitative estimate of drug-likeness (QED) is 0.472. The van der Waals surface area contributed by atoms with Gasteiger partial charge >= 0.3 is 0 Å². The van der Waals surface area contributed by atoms with Gasteiger partial charge in [-0.1, -0.05) is 17.7 Å². The number of carbonyl (C=O) groups excluding carboxylic acids is 1. The molecular formula is C19H12ClF2N5OS. The van der Waals surface area contributed by atoms with Crippen LogP contribution >= 0.6 is 23.9 Å². The van der Waals surface area contributed by atoms with E-state index in [0.29, 0.717) is 33.5 Å². The summed E-state index contributed by atoms with van der Waals surface area (Å²) in [5.41, 5.74) is 2.89. The minimum atomic E-state index is -0.725. The van der Waals surface area contributed by atoms with Gasteiger partial charge in [0.15, 0.2) is 12.3 Å². The average molecular weight is 432 g/mol. The van der Waals surface area contributed by atoms with Gasteiger partial charge in [0.05, 0.1) is 28.5 Å². The van der Waals surface area contributed by atoms with Gasteiger partial charge in [-0.15, -0.1) is 3.89 Å². The third-order valence-corrected chi connectivity index (χ3v) is 5.73. The van der Waals surface area contributed by atoms with Crippen LogP contribution in [0.3, 0.4) is 0 Å². The van der Waals surface area contributed by atoms with Gasteiger partial charge in [-0.2, -0.15) is 5.10 Å². The minimum absolute atomic E-state index is 0.0374. The maximum Gasteiger partial charge on any atom is 0.262 e. The highest BCUT2D eigenvalue weighted by Crippen LogP contribution is 2.43. The Morgan fingerprint density at radius 3 is 2.79 bits per heavy atom. The summed E-state index contributed by atoms with van der Waals surface area (Å²) in [6.45, 7) is 0. The predicted octanol–water partition coefficient (Wildman–Crippen LogP) is 4.69. The van der Waals surface area contributed by atoms with Crippen molar-refractivity contribution in [3.05, 3.63) is 76.6 Å². The van der Waals surface area contributed by atoms with E-state index >= 15 is 0 Å². The van der Waals surface area contributed by atoms with E-state index in [1.807, 2.05) is 0 Å². The van der Waals surface area contributed by atoms with Crippen molar-refractivity contribution in [2.24, 2.45) is 7.05 Å². The molecule has 0 saturated carbocycles. The summed E-state index contributed by atoms with van der Waals surface area (Å²) in [4.78, 5) is 18.9. The molecule has 1 atom stereocenters. The number of halogens is 3. The van der Waals surface area contributed by atoms with E-state index in [4.69, 9.17) is 11.6 Å². The number of rotatable bonds is 3. The topological polar surface area (TPSA) is 56.0 Å². The van der Waals surface area contributed by atoms with Crippen molar-refractivity contribution < 1.29 is 13.1 Å². The van der Waals surface area contributed by atoms with E-state index in [9.17, 15) is 13.1 Å². The molecule has 0 fully saturated rings. The fraction of sp³-hybridized carbons (Fsp3) is 0.105. The van der Waals surface area contributed by atoms with Crippen LogP contribution in [0.1, 0.15) is 27.7 Å². The number of fused-ring (bicyclic) bond motifs is 2. The Morgan fingerprint density at radius 1 is 1.21 bits per heavy atom. The van der Waals surface area contributed by atoms with Crippen LogP contribution < -0.4 is 4.90 Å². The highest BCUT2D eigenvalue weighted by atomic mass is 35.5. The first-order chi connectivity index (χ1) is 14.0. The predicted molar refractivity (Wildman–Crippen MR) is 107 cm³/mol. The number of anilines is 1. The average Bonchev–Trinajstić information content (AvgIpc) is 3.36. The minimum Gasteiger partial charge on any atom is -0.295 e. The highest BCUT2D eigenvalue weighted by molar-refractivity contribution is 7.92. The summed E-state index contributed by atoms with van der Waals surface area (Å²) in [5, 5.41) is 4.43. The number of hydrogen-bond donors (Lipinski definition) is 0. The van der Waals surface area contributed by atoms with Crippen molar-refractivity contribution in [3.63, 3.8) is 0 Å². The van der Waals surface area contributed by atoms with Gasteiger partial charge in [-0.05, 0) is 30.3 Å². The first-order valence-electron chi connectivity index (χ1n) is 8.56. The SMILES string of the molecule is Cn1ncc2c1C(c1ccc(Cl)cc1F)N(c1ccc3c(c1)ncn3SF)C2=O. The fourth-order valence-electron chi connectivity index (χ4n) is 3.76. The van der Waals surface area contributed by atoms with Gasteiger partial charge in [-0.3, -0.25) is 14.4 Å². The molecule has 1 aliphatic rings. The maximum absolute atomic E-state index is 14.8. The molecule has 1 unspecified atom stereocenters. The van der Waals surface area contributed by atoms with Gasteiger partial charge in [0.2, 0.25) is 0 Å². The lowest BCUT2D eigenvalue weighted by Crippen LogP contribution is -2.30. The summed E-state index contributed by atoms with van der Waals surface area (Å²) in [6.07, 6.45) is 2.84. The smallest absolute Gasteiger partial charge is 0.262 e. The van der Waals surface area contributed by atoms with Crippen LogP contribution in [0.25, 0.3) is 11.0 Å². The summed E-state index contributed by atoms with van der Waals surface area (Å²) in [6, 6.07) is 8.69. The molecule has 4 aromatic rings. The largest absolute Gasteiger partial charge is 0.295 e. The monoisotopic (exact) mass is 431 g/mol. The molecular weight excluding hydrogens is 420 g/mol. The molecule has 1 amide bonds. The molecule has 0 spiro atoms. The van der Waals surface area contributed by atoms with Crippen molar-refractivity contribution in [2.45, 2.75) is 6.04 Å². The van der Waals surface area contributed by atoms with Gasteiger partial charge in [-0.25, -0.2) is 13.3 Å². The molecule has 146 valence electrons. The third kappa shape index (κ3) is 2.65. The van der Waals surface area contributed by atoms with Crippen LogP contribution in [0.4, 0.5) is 14.0 Å². The maximum atomic E-state index is 14.8. The summed E-state index contributed by atoms with van der Waals surface area (Å²) >= 11 is 5.95. The standard InChI is InChI=1S/C19H12ClF2N5OS/c1-25-17-13(8-24-25)19(28)27(18(17)12-4-2-10(20)6-14(12)21)11-3-5-16-15(7-11)23-9-26(16)29-22/h2-9,18H,1H3. The van der Waals surface area contributed by atoms with Crippen LogP contribution in [0.5, 0.6) is 0 Å². The molecule has 5 rings (SSSR count). The number of hydrogen-bond acceptors (Lipinski definition) is 4. The number of aromatic nitrogens is 4. The lowest BCUT2D eigenvalue weighted by atomic mass is 10.0. The Morgan fingerprint density at radius 2 is 2.03 bits per heavy atom. The van der Waals surface area contributed by atoms with Crippen molar-refractivity contribution in [3.8, 4) is 0 Å². The van der Waals surface area contributed by atoms with Crippen molar-refractivity contribution in [1.29, 1.82) is 0 Å². The Bertz CT molecular complexity index is 1290. The molecule has 0 saturated heterocycles. The molecule has 2 aromatic heterocycles. The molecule has 10 heteroatoms. The molecule has 0 N–H and O–H groups in total. The van der Waals surface area contributed by atoms with Gasteiger partial charge in [0.25, 0.3) is 5.91 Å². The molecule has 2 aromatic carbocycles. The zero-order valence-electron chi connectivity index (χ0n) is 14.9. The first-order valence-corrected chi connectivity index (χ1v) is 9.61. The van der Waals surface area contributed by atoms with Crippen LogP contribution in [-0.2, 0) is 7.05 Å². The van der Waals surface area contributed by atoms with Crippen molar-refractivity contribution in [1.82, 2.24) is 18.7 Å². The Kier molecular flexibility index (Phi) is 4.11. The first kappa shape index (κ1) is 18.1. The van der Waals surface area contributed by atoms with E-state index in [2.05, 4.69) is 10.1 Å². The Balaban J connectivity index is 1.71. The van der Waals surface area contributed by atoms with Crippen LogP contribution in [-0.4, -0.2) is 24.6 Å². The Hall–Kier alpha value is -2.91. The number of amides is 1. The highest BCUT2D eigenvalue weighted by Gasteiger charge is 2.43. The zero-order chi connectivity index (χ0) is 20.3. The van der Waals surface area contributed by atoms with E-state index in [0.717, 1.165) is 0 Å². The number of imidazole rings is 1. The summed E-state index contributed by atoms with van der Waals surface area (Å²) < 4.78 is 30.7. The summed E-state index contributed by atoms with van der Waals surface area (Å²) in [5.74, 6) is -0.820. The van der Waals surface area contributed by atoms with E-state index in [1.54, 1.807) is 42.1 Å². The molecule has 3 heterocycles. The fourth-order valence-corrected chi connectivity index (χ4v) is 4.23. The van der Waals surface area contributed by atoms with E-state index in [-0.39, 0.29) is 23.3 Å². The zero-order valence-corrected chi connectivity index (χ0v) is 16.5. The van der Waals surface area contributed by atoms with Gasteiger partial charge in [0.1, 0.15) is 18.2 Å². The second-order valence-corrected chi connectivity index (χ2v) is 7.59. The lowest BCUT2D eigenvalue weighted by molar-refractivity contribution is 0.0993. The molecule has 6 nitrogen and oxygen atoms in total. The number of benzene rings is 2. The molecule has 29 heavy (non-hydrogen) atoms. The second-order valence-electron chi connectivity index (χ2n) is 6.62. The molecule has 1 aliphatic heterocycles. The normalized spacial score (nSPS) is 16.1. The molecule has 0 bridgehead atoms. The third-order valence-electron chi connectivity index (χ3n) is 5.06. The summed E-state index contributed by atoms with van der Waals surface area (Å²) in [7, 11) is 1.71. The van der Waals surface area contributed by atoms with Gasteiger partial charge < -0.3 is 0 Å². The van der Waals surface area contributed by atoms with E-state index in [1.165, 1.54) is 27.5 Å². The second kappa shape index (κ2) is 6.57. The molecule has 0 radical (unpaired) electrons. The van der Waals surface area contributed by atoms with Gasteiger partial charge in [0, 0.05) is 23.3 Å². The Labute approximate surface area is 173 Å². The van der Waals surface area contributed by atoms with E-state index < -0.39 is 11.9 Å². The van der Waals surface area contributed by atoms with Crippen molar-refractivity contribution in [2.75, 3.05) is 4.90 Å². The number of aryl methyl sites for hydroxylation is 1.